The van der Waals surface area contributed by atoms with Crippen LogP contribution in [0.3, 0.4) is 0 Å². The van der Waals surface area contributed by atoms with Crippen molar-refractivity contribution < 1.29 is 18.7 Å². The second-order valence-electron chi connectivity index (χ2n) is 11.9. The normalized spacial score (nSPS) is 17.3. The van der Waals surface area contributed by atoms with Gasteiger partial charge in [0.15, 0.2) is 17.3 Å². The Hall–Kier alpha value is -4.43. The van der Waals surface area contributed by atoms with Gasteiger partial charge in [0.25, 0.3) is 5.91 Å². The summed E-state index contributed by atoms with van der Waals surface area (Å²) in [6, 6.07) is 23.7. The summed E-state index contributed by atoms with van der Waals surface area (Å²) in [6.45, 7) is 11.3. The second-order valence-corrected chi connectivity index (χ2v) is 16.6. The average molecular weight is 564 g/mol. The Morgan fingerprint density at radius 3 is 2.51 bits per heavy atom. The molecule has 1 amide bonds. The summed E-state index contributed by atoms with van der Waals surface area (Å²) in [6.07, 6.45) is 4.09. The molecule has 208 valence electrons. The highest BCUT2D eigenvalue weighted by molar-refractivity contribution is 6.74. The van der Waals surface area contributed by atoms with Crippen LogP contribution in [-0.2, 0) is 11.2 Å². The molecule has 0 fully saturated rings. The van der Waals surface area contributed by atoms with Gasteiger partial charge in [-0.1, -0.05) is 69.3 Å². The van der Waals surface area contributed by atoms with Crippen LogP contribution in [0.25, 0.3) is 11.8 Å². The van der Waals surface area contributed by atoms with Crippen LogP contribution in [0.4, 0.5) is 0 Å². The van der Waals surface area contributed by atoms with Gasteiger partial charge in [-0.3, -0.25) is 9.69 Å². The van der Waals surface area contributed by atoms with Gasteiger partial charge < -0.3 is 13.9 Å². The highest BCUT2D eigenvalue weighted by atomic mass is 28.4. The maximum atomic E-state index is 13.7. The van der Waals surface area contributed by atoms with E-state index in [2.05, 4.69) is 46.0 Å². The highest BCUT2D eigenvalue weighted by Gasteiger charge is 2.39. The van der Waals surface area contributed by atoms with Gasteiger partial charge in [-0.25, -0.2) is 9.98 Å². The molecule has 3 aromatic carbocycles. The minimum atomic E-state index is -2.03. The van der Waals surface area contributed by atoms with Crippen molar-refractivity contribution in [2.75, 3.05) is 6.79 Å². The fraction of sp³-hybridized carbons (Fsp3) is 0.242. The Labute approximate surface area is 241 Å². The predicted octanol–water partition coefficient (Wildman–Crippen LogP) is 7.08. The largest absolute Gasteiger partial charge is 0.543 e. The summed E-state index contributed by atoms with van der Waals surface area (Å²) in [7, 11) is -2.03. The third-order valence-electron chi connectivity index (χ3n) is 7.88. The van der Waals surface area contributed by atoms with Crippen LogP contribution in [0, 0.1) is 0 Å². The molecule has 0 aromatic heterocycles. The lowest BCUT2D eigenvalue weighted by Crippen LogP contribution is -2.43. The van der Waals surface area contributed by atoms with E-state index in [1.165, 1.54) is 0 Å². The molecule has 6 rings (SSSR count). The second kappa shape index (κ2) is 10.2. The fourth-order valence-electron chi connectivity index (χ4n) is 4.57. The first kappa shape index (κ1) is 26.8. The lowest BCUT2D eigenvalue weighted by atomic mass is 10.0. The summed E-state index contributed by atoms with van der Waals surface area (Å²) in [5.74, 6) is 2.50. The lowest BCUT2D eigenvalue weighted by Gasteiger charge is -2.36. The van der Waals surface area contributed by atoms with Gasteiger partial charge in [-0.05, 0) is 59.6 Å². The van der Waals surface area contributed by atoms with Gasteiger partial charge in [0.1, 0.15) is 11.4 Å². The molecule has 0 spiro atoms. The molecule has 3 aliphatic rings. The van der Waals surface area contributed by atoms with E-state index in [4.69, 9.17) is 23.9 Å². The van der Waals surface area contributed by atoms with Crippen molar-refractivity contribution in [3.63, 3.8) is 0 Å². The molecule has 3 heterocycles. The zero-order valence-corrected chi connectivity index (χ0v) is 25.0. The number of carbonyl (C=O) groups excluding carboxylic acids is 1. The van der Waals surface area contributed by atoms with E-state index in [0.29, 0.717) is 35.1 Å². The highest BCUT2D eigenvalue weighted by Crippen LogP contribution is 2.38. The molecular weight excluding hydrogens is 530 g/mol. The van der Waals surface area contributed by atoms with Crippen LogP contribution in [-0.4, -0.2) is 37.5 Å². The minimum Gasteiger partial charge on any atom is -0.543 e. The number of nitrogens with zero attached hydrogens (tertiary/aromatic N) is 3. The van der Waals surface area contributed by atoms with E-state index in [9.17, 15) is 4.79 Å². The molecule has 3 aromatic rings. The van der Waals surface area contributed by atoms with Crippen molar-refractivity contribution >= 4 is 37.5 Å². The number of rotatable bonds is 6. The molecule has 0 radical (unpaired) electrons. The van der Waals surface area contributed by atoms with Crippen molar-refractivity contribution in [3.05, 3.63) is 101 Å². The minimum absolute atomic E-state index is 0.0716. The molecule has 7 nitrogen and oxygen atoms in total. The number of fused-ring (bicyclic) bond motifs is 2. The topological polar surface area (TPSA) is 72.7 Å². The zero-order chi connectivity index (χ0) is 28.8. The van der Waals surface area contributed by atoms with Crippen LogP contribution < -0.4 is 13.9 Å². The molecule has 0 aliphatic carbocycles. The Balaban J connectivity index is 1.37. The third-order valence-corrected chi connectivity index (χ3v) is 12.2. The quantitative estimate of drug-likeness (QED) is 0.237. The standard InChI is InChI=1S/C33H33N3O4Si/c1-33(2,3)41(4,5)40-25-13-9-12-24(19-25)28-20-36-31(26(34-28)16-22-10-7-6-8-11-22)35-27(32(36)37)17-23-14-15-29-30(18-23)39-21-38-29/h6-15,17-20H,16,21H2,1-5H3/b27-17-. The monoisotopic (exact) mass is 563 g/mol. The maximum Gasteiger partial charge on any atom is 0.282 e. The summed E-state index contributed by atoms with van der Waals surface area (Å²) < 4.78 is 17.5. The van der Waals surface area contributed by atoms with Crippen LogP contribution in [0.15, 0.2) is 94.7 Å². The van der Waals surface area contributed by atoms with Gasteiger partial charge in [0.05, 0.1) is 11.4 Å². The number of aliphatic imine (C=N–C) groups is 2. The molecule has 0 N–H and O–H groups in total. The van der Waals surface area contributed by atoms with Crippen LogP contribution in [0.5, 0.6) is 17.2 Å². The van der Waals surface area contributed by atoms with Gasteiger partial charge in [0.2, 0.25) is 15.1 Å². The van der Waals surface area contributed by atoms with E-state index in [0.717, 1.165) is 28.2 Å². The number of amides is 1. The van der Waals surface area contributed by atoms with Crippen molar-refractivity contribution in [3.8, 4) is 17.2 Å². The smallest absolute Gasteiger partial charge is 0.282 e. The number of amidine groups is 1. The summed E-state index contributed by atoms with van der Waals surface area (Å²) in [4.78, 5) is 25.1. The first-order valence-corrected chi connectivity index (χ1v) is 16.6. The molecule has 0 bridgehead atoms. The first-order chi connectivity index (χ1) is 19.6. The molecule has 3 aliphatic heterocycles. The Kier molecular flexibility index (Phi) is 6.66. The van der Waals surface area contributed by atoms with Crippen molar-refractivity contribution in [2.24, 2.45) is 9.98 Å². The third kappa shape index (κ3) is 5.35. The number of carbonyl (C=O) groups is 1. The Bertz CT molecular complexity index is 1650. The Morgan fingerprint density at radius 1 is 0.951 bits per heavy atom. The van der Waals surface area contributed by atoms with Gasteiger partial charge in [-0.15, -0.1) is 0 Å². The van der Waals surface area contributed by atoms with Crippen molar-refractivity contribution in [1.82, 2.24) is 4.90 Å². The van der Waals surface area contributed by atoms with E-state index in [1.807, 2.05) is 60.7 Å². The van der Waals surface area contributed by atoms with Gasteiger partial charge in [0, 0.05) is 18.2 Å². The molecule has 0 saturated heterocycles. The molecule has 0 saturated carbocycles. The summed E-state index contributed by atoms with van der Waals surface area (Å²) in [5.41, 5.74) is 4.54. The van der Waals surface area contributed by atoms with Crippen molar-refractivity contribution in [1.29, 1.82) is 0 Å². The fourth-order valence-corrected chi connectivity index (χ4v) is 5.60. The predicted molar refractivity (Wildman–Crippen MR) is 165 cm³/mol. The number of ether oxygens (including phenoxy) is 2. The van der Waals surface area contributed by atoms with Crippen LogP contribution in [0.2, 0.25) is 18.1 Å². The average Bonchev–Trinajstić information content (AvgIpc) is 3.53. The van der Waals surface area contributed by atoms with Crippen LogP contribution >= 0.6 is 0 Å². The summed E-state index contributed by atoms with van der Waals surface area (Å²) in [5, 5.41) is 0.0716. The number of hydrogen-bond donors (Lipinski definition) is 0. The van der Waals surface area contributed by atoms with E-state index in [-0.39, 0.29) is 17.7 Å². The molecular formula is C33H33N3O4Si. The van der Waals surface area contributed by atoms with E-state index >= 15 is 0 Å². The molecule has 0 atom stereocenters. The Morgan fingerprint density at radius 2 is 1.73 bits per heavy atom. The van der Waals surface area contributed by atoms with Gasteiger partial charge >= 0.3 is 0 Å². The molecule has 0 unspecified atom stereocenters. The van der Waals surface area contributed by atoms with Crippen LogP contribution in [0.1, 0.15) is 37.5 Å². The summed E-state index contributed by atoms with van der Waals surface area (Å²) >= 11 is 0. The van der Waals surface area contributed by atoms with Gasteiger partial charge in [-0.2, -0.15) is 0 Å². The molecule has 8 heteroatoms. The number of benzene rings is 3. The number of hydrogen-bond acceptors (Lipinski definition) is 6. The molecule has 41 heavy (non-hydrogen) atoms. The lowest BCUT2D eigenvalue weighted by molar-refractivity contribution is -0.120. The van der Waals surface area contributed by atoms with E-state index < -0.39 is 8.32 Å². The maximum absolute atomic E-state index is 13.7. The van der Waals surface area contributed by atoms with E-state index in [1.54, 1.807) is 17.2 Å². The SMILES string of the molecule is CC(C)(C)[Si](C)(C)Oc1cccc(C2=CN3C(=O)/C(=C/c4ccc5c(c4)OCO5)N=C3C(Cc3ccccc3)=N2)c1. The first-order valence-electron chi connectivity index (χ1n) is 13.7. The van der Waals surface area contributed by atoms with Crippen molar-refractivity contribution in [2.45, 2.75) is 45.3 Å². The zero-order valence-electron chi connectivity index (χ0n) is 24.0.